The predicted octanol–water partition coefficient (Wildman–Crippen LogP) is 2.35. The molecule has 0 unspecified atom stereocenters. The molecule has 1 heterocycles. The van der Waals surface area contributed by atoms with Gasteiger partial charge in [0.1, 0.15) is 5.82 Å². The number of carbonyl (C=O) groups excluding carboxylic acids is 3. The Morgan fingerprint density at radius 2 is 1.48 bits per heavy atom. The highest BCUT2D eigenvalue weighted by atomic mass is 19.1. The monoisotopic (exact) mass is 369 g/mol. The molecule has 0 aliphatic carbocycles. The van der Waals surface area contributed by atoms with Crippen LogP contribution >= 0.6 is 0 Å². The number of hydrogen-bond acceptors (Lipinski definition) is 3. The minimum Gasteiger partial charge on any atom is -0.338 e. The Bertz CT molecular complexity index is 817. The molecule has 6 nitrogen and oxygen atoms in total. The molecule has 0 spiro atoms. The number of carbonyl (C=O) groups is 3. The standard InChI is InChI=1S/C20H20FN3O3/c21-15-8-6-14(7-9-15)10-12-23-20(27)22-11-3-13-24-18(25)16-4-1-2-5-17(16)19(24)26/h1-2,4-9H,3,10-13H2,(H2,22,23,27). The quantitative estimate of drug-likeness (QED) is 0.581. The van der Waals surface area contributed by atoms with Gasteiger partial charge in [-0.3, -0.25) is 14.5 Å². The largest absolute Gasteiger partial charge is 0.338 e. The summed E-state index contributed by atoms with van der Waals surface area (Å²) < 4.78 is 12.8. The number of hydrogen-bond donors (Lipinski definition) is 2. The molecule has 2 aromatic carbocycles. The highest BCUT2D eigenvalue weighted by Gasteiger charge is 2.34. The van der Waals surface area contributed by atoms with E-state index in [0.717, 1.165) is 5.56 Å². The zero-order valence-corrected chi connectivity index (χ0v) is 14.7. The van der Waals surface area contributed by atoms with Crippen molar-refractivity contribution in [3.63, 3.8) is 0 Å². The zero-order chi connectivity index (χ0) is 19.2. The predicted molar refractivity (Wildman–Crippen MR) is 97.9 cm³/mol. The molecule has 0 atom stereocenters. The smallest absolute Gasteiger partial charge is 0.314 e. The molecule has 2 aromatic rings. The fourth-order valence-corrected chi connectivity index (χ4v) is 2.92. The molecule has 0 fully saturated rings. The summed E-state index contributed by atoms with van der Waals surface area (Å²) in [7, 11) is 0. The number of imide groups is 1. The van der Waals surface area contributed by atoms with Crippen LogP contribution in [0, 0.1) is 5.82 Å². The second-order valence-corrected chi connectivity index (χ2v) is 6.22. The molecule has 7 heteroatoms. The summed E-state index contributed by atoms with van der Waals surface area (Å²) in [5.41, 5.74) is 1.78. The zero-order valence-electron chi connectivity index (χ0n) is 14.7. The fourth-order valence-electron chi connectivity index (χ4n) is 2.92. The van der Waals surface area contributed by atoms with Crippen molar-refractivity contribution in [3.8, 4) is 0 Å². The average molecular weight is 369 g/mol. The summed E-state index contributed by atoms with van der Waals surface area (Å²) in [6.07, 6.45) is 1.07. The molecule has 1 aliphatic rings. The van der Waals surface area contributed by atoms with Crippen molar-refractivity contribution < 1.29 is 18.8 Å². The van der Waals surface area contributed by atoms with Crippen molar-refractivity contribution in [2.24, 2.45) is 0 Å². The first-order chi connectivity index (χ1) is 13.1. The number of amides is 4. The number of fused-ring (bicyclic) bond motifs is 1. The van der Waals surface area contributed by atoms with E-state index in [1.165, 1.54) is 17.0 Å². The van der Waals surface area contributed by atoms with E-state index >= 15 is 0 Å². The van der Waals surface area contributed by atoms with Crippen molar-refractivity contribution in [2.75, 3.05) is 19.6 Å². The lowest BCUT2D eigenvalue weighted by Crippen LogP contribution is -2.38. The molecule has 140 valence electrons. The summed E-state index contributed by atoms with van der Waals surface area (Å²) in [5.74, 6) is -0.874. The second-order valence-electron chi connectivity index (χ2n) is 6.22. The van der Waals surface area contributed by atoms with Gasteiger partial charge in [0.25, 0.3) is 11.8 Å². The number of nitrogens with zero attached hydrogens (tertiary/aromatic N) is 1. The van der Waals surface area contributed by atoms with Gasteiger partial charge in [0.15, 0.2) is 0 Å². The van der Waals surface area contributed by atoms with Crippen LogP contribution in [-0.4, -0.2) is 42.4 Å². The van der Waals surface area contributed by atoms with Crippen LogP contribution in [-0.2, 0) is 6.42 Å². The van der Waals surface area contributed by atoms with Gasteiger partial charge in [-0.1, -0.05) is 24.3 Å². The van der Waals surface area contributed by atoms with Crippen LogP contribution in [0.5, 0.6) is 0 Å². The fraction of sp³-hybridized carbons (Fsp3) is 0.250. The average Bonchev–Trinajstić information content (AvgIpc) is 2.92. The van der Waals surface area contributed by atoms with E-state index in [2.05, 4.69) is 10.6 Å². The van der Waals surface area contributed by atoms with Crippen LogP contribution in [0.3, 0.4) is 0 Å². The molecule has 4 amide bonds. The van der Waals surface area contributed by atoms with Gasteiger partial charge in [0.05, 0.1) is 11.1 Å². The Kier molecular flexibility index (Phi) is 5.80. The van der Waals surface area contributed by atoms with Crippen molar-refractivity contribution >= 4 is 17.8 Å². The number of rotatable bonds is 7. The highest BCUT2D eigenvalue weighted by Crippen LogP contribution is 2.22. The Labute approximate surface area is 156 Å². The summed E-state index contributed by atoms with van der Waals surface area (Å²) in [6.45, 7) is 1.02. The lowest BCUT2D eigenvalue weighted by atomic mass is 10.1. The van der Waals surface area contributed by atoms with Crippen LogP contribution < -0.4 is 10.6 Å². The third-order valence-electron chi connectivity index (χ3n) is 4.33. The maximum absolute atomic E-state index is 12.8. The van der Waals surface area contributed by atoms with Crippen molar-refractivity contribution in [1.29, 1.82) is 0 Å². The topological polar surface area (TPSA) is 78.5 Å². The van der Waals surface area contributed by atoms with Crippen LogP contribution in [0.15, 0.2) is 48.5 Å². The first-order valence-corrected chi connectivity index (χ1v) is 8.77. The van der Waals surface area contributed by atoms with Crippen molar-refractivity contribution in [1.82, 2.24) is 15.5 Å². The Morgan fingerprint density at radius 1 is 0.889 bits per heavy atom. The number of halogens is 1. The van der Waals surface area contributed by atoms with Gasteiger partial charge >= 0.3 is 6.03 Å². The van der Waals surface area contributed by atoms with Gasteiger partial charge in [-0.05, 0) is 42.7 Å². The van der Waals surface area contributed by atoms with Crippen molar-refractivity contribution in [2.45, 2.75) is 12.8 Å². The van der Waals surface area contributed by atoms with Crippen molar-refractivity contribution in [3.05, 3.63) is 71.0 Å². The van der Waals surface area contributed by atoms with Gasteiger partial charge < -0.3 is 10.6 Å². The molecular weight excluding hydrogens is 349 g/mol. The summed E-state index contributed by atoms with van der Waals surface area (Å²) >= 11 is 0. The molecular formula is C20H20FN3O3. The van der Waals surface area contributed by atoms with Crippen LogP contribution in [0.4, 0.5) is 9.18 Å². The summed E-state index contributed by atoms with van der Waals surface area (Å²) in [6, 6.07) is 12.5. The third kappa shape index (κ3) is 4.49. The maximum atomic E-state index is 12.8. The van der Waals surface area contributed by atoms with Gasteiger partial charge in [0.2, 0.25) is 0 Å². The Hall–Kier alpha value is -3.22. The summed E-state index contributed by atoms with van der Waals surface area (Å²) in [5, 5.41) is 5.41. The van der Waals surface area contributed by atoms with Crippen LogP contribution in [0.25, 0.3) is 0 Å². The van der Waals surface area contributed by atoms with Gasteiger partial charge in [-0.25, -0.2) is 9.18 Å². The van der Waals surface area contributed by atoms with E-state index in [1.54, 1.807) is 36.4 Å². The molecule has 1 aliphatic heterocycles. The first kappa shape index (κ1) is 18.6. The van der Waals surface area contributed by atoms with Crippen LogP contribution in [0.2, 0.25) is 0 Å². The first-order valence-electron chi connectivity index (χ1n) is 8.77. The molecule has 0 aromatic heterocycles. The summed E-state index contributed by atoms with van der Waals surface area (Å²) in [4.78, 5) is 37.4. The van der Waals surface area contributed by atoms with E-state index in [4.69, 9.17) is 0 Å². The molecule has 0 saturated carbocycles. The van der Waals surface area contributed by atoms with Gasteiger partial charge in [-0.2, -0.15) is 0 Å². The Balaban J connectivity index is 1.34. The Morgan fingerprint density at radius 3 is 2.11 bits per heavy atom. The molecule has 0 radical (unpaired) electrons. The minimum atomic E-state index is -0.320. The van der Waals surface area contributed by atoms with E-state index < -0.39 is 0 Å². The third-order valence-corrected chi connectivity index (χ3v) is 4.33. The van der Waals surface area contributed by atoms with Crippen LogP contribution in [0.1, 0.15) is 32.7 Å². The van der Waals surface area contributed by atoms with E-state index in [9.17, 15) is 18.8 Å². The van der Waals surface area contributed by atoms with E-state index in [1.807, 2.05) is 0 Å². The second kappa shape index (κ2) is 8.44. The molecule has 3 rings (SSSR count). The lowest BCUT2D eigenvalue weighted by molar-refractivity contribution is 0.0653. The minimum absolute atomic E-state index is 0.252. The normalized spacial score (nSPS) is 12.9. The van der Waals surface area contributed by atoms with E-state index in [-0.39, 0.29) is 30.2 Å². The molecule has 2 N–H and O–H groups in total. The van der Waals surface area contributed by atoms with Gasteiger partial charge in [-0.15, -0.1) is 0 Å². The molecule has 0 saturated heterocycles. The van der Waals surface area contributed by atoms with Gasteiger partial charge in [0, 0.05) is 19.6 Å². The number of nitrogens with one attached hydrogen (secondary N) is 2. The SMILES string of the molecule is O=C(NCCCN1C(=O)c2ccccc2C1=O)NCCc1ccc(F)cc1. The number of urea groups is 1. The molecule has 0 bridgehead atoms. The maximum Gasteiger partial charge on any atom is 0.314 e. The number of benzene rings is 2. The highest BCUT2D eigenvalue weighted by molar-refractivity contribution is 6.21. The lowest BCUT2D eigenvalue weighted by Gasteiger charge is -2.14. The van der Waals surface area contributed by atoms with E-state index in [0.29, 0.717) is 37.1 Å². The molecule has 27 heavy (non-hydrogen) atoms.